The molecule has 1 aliphatic rings. The van der Waals surface area contributed by atoms with Gasteiger partial charge in [-0.05, 0) is 24.3 Å². The van der Waals surface area contributed by atoms with Gasteiger partial charge in [0.2, 0.25) is 0 Å². The maximum atomic E-state index is 13.5. The number of anilines is 1. The quantitative estimate of drug-likeness (QED) is 0.853. The molecule has 0 spiro atoms. The number of imide groups is 1. The Morgan fingerprint density at radius 1 is 1.00 bits per heavy atom. The average molecular weight is 288 g/mol. The van der Waals surface area contributed by atoms with Crippen molar-refractivity contribution >= 4 is 17.5 Å². The highest BCUT2D eigenvalue weighted by Gasteiger charge is 2.26. The van der Waals surface area contributed by atoms with Crippen molar-refractivity contribution in [3.8, 4) is 0 Å². The molecule has 4 nitrogen and oxygen atoms in total. The van der Waals surface area contributed by atoms with Crippen LogP contribution in [0.5, 0.6) is 0 Å². The number of halogens is 2. The molecule has 1 aliphatic heterocycles. The minimum absolute atomic E-state index is 0.0674. The second kappa shape index (κ2) is 4.97. The molecule has 2 N–H and O–H groups in total. The summed E-state index contributed by atoms with van der Waals surface area (Å²) in [4.78, 5) is 22.9. The highest BCUT2D eigenvalue weighted by Crippen LogP contribution is 2.21. The molecule has 0 fully saturated rings. The van der Waals surface area contributed by atoms with Gasteiger partial charge < -0.3 is 5.32 Å². The molecule has 0 saturated carbocycles. The normalized spacial score (nSPS) is 13.0. The van der Waals surface area contributed by atoms with E-state index in [1.165, 1.54) is 24.3 Å². The van der Waals surface area contributed by atoms with Crippen LogP contribution >= 0.6 is 0 Å². The Morgan fingerprint density at radius 3 is 2.57 bits per heavy atom. The lowest BCUT2D eigenvalue weighted by molar-refractivity contribution is 0.0879. The van der Waals surface area contributed by atoms with Crippen molar-refractivity contribution in [2.45, 2.75) is 6.54 Å². The molecular weight excluding hydrogens is 278 g/mol. The minimum atomic E-state index is -0.909. The van der Waals surface area contributed by atoms with Crippen LogP contribution in [0.3, 0.4) is 0 Å². The van der Waals surface area contributed by atoms with Crippen LogP contribution in [-0.2, 0) is 6.54 Å². The third kappa shape index (κ3) is 2.35. The van der Waals surface area contributed by atoms with Crippen molar-refractivity contribution in [2.75, 3.05) is 5.32 Å². The molecule has 21 heavy (non-hydrogen) atoms. The predicted molar refractivity (Wildman–Crippen MR) is 71.9 cm³/mol. The smallest absolute Gasteiger partial charge is 0.259 e. The van der Waals surface area contributed by atoms with Gasteiger partial charge in [0.1, 0.15) is 0 Å². The number of rotatable bonds is 3. The number of carbonyl (C=O) groups is 2. The fourth-order valence-electron chi connectivity index (χ4n) is 2.16. The van der Waals surface area contributed by atoms with Crippen LogP contribution in [0.4, 0.5) is 14.5 Å². The van der Waals surface area contributed by atoms with E-state index < -0.39 is 23.4 Å². The second-order valence-corrected chi connectivity index (χ2v) is 4.61. The van der Waals surface area contributed by atoms with E-state index in [0.29, 0.717) is 11.3 Å². The number of nitrogens with one attached hydrogen (secondary N) is 2. The number of amides is 2. The van der Waals surface area contributed by atoms with Crippen LogP contribution in [0.25, 0.3) is 0 Å². The Kier molecular flexibility index (Phi) is 3.13. The predicted octanol–water partition coefficient (Wildman–Crippen LogP) is 2.46. The summed E-state index contributed by atoms with van der Waals surface area (Å²) >= 11 is 0. The van der Waals surface area contributed by atoms with E-state index >= 15 is 0 Å². The Balaban J connectivity index is 1.81. The zero-order valence-electron chi connectivity index (χ0n) is 10.7. The molecule has 0 radical (unpaired) electrons. The summed E-state index contributed by atoms with van der Waals surface area (Å²) in [6.45, 7) is 0.0674. The standard InChI is InChI=1S/C15H10F2N2O2/c16-12-3-1-2-8(13(12)17)7-18-9-4-5-10-11(6-9)15(21)19-14(10)20/h1-6,18H,7H2,(H,19,20,21). The Morgan fingerprint density at radius 2 is 1.76 bits per heavy atom. The SMILES string of the molecule is O=C1NC(=O)c2cc(NCc3cccc(F)c3F)ccc21. The average Bonchev–Trinajstić information content (AvgIpc) is 2.75. The molecule has 6 heteroatoms. The van der Waals surface area contributed by atoms with Crippen molar-refractivity contribution < 1.29 is 18.4 Å². The lowest BCUT2D eigenvalue weighted by Crippen LogP contribution is -2.19. The van der Waals surface area contributed by atoms with Gasteiger partial charge in [0.05, 0.1) is 11.1 Å². The Labute approximate surface area is 118 Å². The van der Waals surface area contributed by atoms with E-state index in [1.807, 2.05) is 0 Å². The second-order valence-electron chi connectivity index (χ2n) is 4.61. The highest BCUT2D eigenvalue weighted by molar-refractivity contribution is 6.21. The molecule has 0 atom stereocenters. The van der Waals surface area contributed by atoms with Crippen LogP contribution in [0, 0.1) is 11.6 Å². The van der Waals surface area contributed by atoms with Gasteiger partial charge in [-0.2, -0.15) is 0 Å². The van der Waals surface area contributed by atoms with Gasteiger partial charge in [-0.25, -0.2) is 8.78 Å². The molecule has 0 bridgehead atoms. The van der Waals surface area contributed by atoms with Gasteiger partial charge in [-0.3, -0.25) is 14.9 Å². The van der Waals surface area contributed by atoms with Crippen LogP contribution in [-0.4, -0.2) is 11.8 Å². The molecule has 0 aromatic heterocycles. The first kappa shape index (κ1) is 13.2. The monoisotopic (exact) mass is 288 g/mol. The molecular formula is C15H10F2N2O2. The van der Waals surface area contributed by atoms with Gasteiger partial charge in [-0.15, -0.1) is 0 Å². The summed E-state index contributed by atoms with van der Waals surface area (Å²) in [5, 5.41) is 5.08. The summed E-state index contributed by atoms with van der Waals surface area (Å²) in [6, 6.07) is 8.56. The summed E-state index contributed by atoms with van der Waals surface area (Å²) < 4.78 is 26.6. The molecule has 106 valence electrons. The van der Waals surface area contributed by atoms with Gasteiger partial charge in [0, 0.05) is 17.8 Å². The van der Waals surface area contributed by atoms with Crippen LogP contribution < -0.4 is 10.6 Å². The first-order valence-electron chi connectivity index (χ1n) is 6.23. The van der Waals surface area contributed by atoms with Crippen molar-refractivity contribution in [1.82, 2.24) is 5.32 Å². The maximum absolute atomic E-state index is 13.5. The Hall–Kier alpha value is -2.76. The van der Waals surface area contributed by atoms with Gasteiger partial charge in [0.15, 0.2) is 11.6 Å². The van der Waals surface area contributed by atoms with Crippen LogP contribution in [0.1, 0.15) is 26.3 Å². The van der Waals surface area contributed by atoms with Gasteiger partial charge >= 0.3 is 0 Å². The van der Waals surface area contributed by atoms with E-state index in [2.05, 4.69) is 10.6 Å². The number of hydrogen-bond acceptors (Lipinski definition) is 3. The molecule has 0 aliphatic carbocycles. The number of benzene rings is 2. The van der Waals surface area contributed by atoms with Crippen LogP contribution in [0.15, 0.2) is 36.4 Å². The summed E-state index contributed by atoms with van der Waals surface area (Å²) in [7, 11) is 0. The summed E-state index contributed by atoms with van der Waals surface area (Å²) in [5.74, 6) is -2.71. The Bertz CT molecular complexity index is 759. The topological polar surface area (TPSA) is 58.2 Å². The van der Waals surface area contributed by atoms with E-state index in [9.17, 15) is 18.4 Å². The van der Waals surface area contributed by atoms with Gasteiger partial charge in [-0.1, -0.05) is 12.1 Å². The van der Waals surface area contributed by atoms with E-state index in [1.54, 1.807) is 6.07 Å². The summed E-state index contributed by atoms with van der Waals surface area (Å²) in [6.07, 6.45) is 0. The first-order valence-corrected chi connectivity index (χ1v) is 6.23. The third-order valence-electron chi connectivity index (χ3n) is 3.25. The number of hydrogen-bond donors (Lipinski definition) is 2. The number of fused-ring (bicyclic) bond motifs is 1. The summed E-state index contributed by atoms with van der Waals surface area (Å²) in [5.41, 5.74) is 1.30. The molecule has 2 aromatic carbocycles. The molecule has 1 heterocycles. The lowest BCUT2D eigenvalue weighted by Gasteiger charge is -2.08. The zero-order chi connectivity index (χ0) is 15.0. The molecule has 0 unspecified atom stereocenters. The van der Waals surface area contributed by atoms with E-state index in [0.717, 1.165) is 6.07 Å². The molecule has 3 rings (SSSR count). The maximum Gasteiger partial charge on any atom is 0.259 e. The number of carbonyl (C=O) groups excluding carboxylic acids is 2. The third-order valence-corrected chi connectivity index (χ3v) is 3.25. The van der Waals surface area contributed by atoms with E-state index in [-0.39, 0.29) is 17.7 Å². The first-order chi connectivity index (χ1) is 10.1. The molecule has 0 saturated heterocycles. The largest absolute Gasteiger partial charge is 0.381 e. The minimum Gasteiger partial charge on any atom is -0.381 e. The van der Waals surface area contributed by atoms with Gasteiger partial charge in [0.25, 0.3) is 11.8 Å². The zero-order valence-corrected chi connectivity index (χ0v) is 10.7. The fourth-order valence-corrected chi connectivity index (χ4v) is 2.16. The van der Waals surface area contributed by atoms with Crippen molar-refractivity contribution in [3.63, 3.8) is 0 Å². The van der Waals surface area contributed by atoms with Crippen molar-refractivity contribution in [2.24, 2.45) is 0 Å². The molecule has 2 aromatic rings. The highest BCUT2D eigenvalue weighted by atomic mass is 19.2. The van der Waals surface area contributed by atoms with Crippen molar-refractivity contribution in [1.29, 1.82) is 0 Å². The van der Waals surface area contributed by atoms with Crippen molar-refractivity contribution in [3.05, 3.63) is 64.7 Å². The van der Waals surface area contributed by atoms with Crippen LogP contribution in [0.2, 0.25) is 0 Å². The lowest BCUT2D eigenvalue weighted by atomic mass is 10.1. The fraction of sp³-hybridized carbons (Fsp3) is 0.0667. The van der Waals surface area contributed by atoms with E-state index in [4.69, 9.17) is 0 Å². The molecule has 2 amide bonds.